The largest absolute Gasteiger partial charge is 0.261 e. The van der Waals surface area contributed by atoms with Crippen molar-refractivity contribution in [2.75, 3.05) is 5.43 Å². The molecule has 0 unspecified atom stereocenters. The zero-order valence-corrected chi connectivity index (χ0v) is 10.3. The van der Waals surface area contributed by atoms with Crippen LogP contribution in [0.25, 0.3) is 0 Å². The summed E-state index contributed by atoms with van der Waals surface area (Å²) in [5.41, 5.74) is 3.55. The number of hydrazone groups is 1. The van der Waals surface area contributed by atoms with E-state index in [1.807, 2.05) is 30.3 Å². The summed E-state index contributed by atoms with van der Waals surface area (Å²) in [5, 5.41) is 5.03. The molecule has 3 nitrogen and oxygen atoms in total. The molecule has 17 heavy (non-hydrogen) atoms. The Morgan fingerprint density at radius 2 is 2.00 bits per heavy atom. The molecule has 0 aliphatic heterocycles. The fraction of sp³-hybridized carbons (Fsp3) is 0. The highest BCUT2D eigenvalue weighted by Crippen LogP contribution is 2.24. The van der Waals surface area contributed by atoms with Crippen molar-refractivity contribution in [1.82, 2.24) is 4.98 Å². The third-order valence-electron chi connectivity index (χ3n) is 2.03. The van der Waals surface area contributed by atoms with E-state index >= 15 is 0 Å². The molecule has 0 fully saturated rings. The van der Waals surface area contributed by atoms with Crippen LogP contribution in [0.15, 0.2) is 47.7 Å². The first-order chi connectivity index (χ1) is 8.27. The van der Waals surface area contributed by atoms with Gasteiger partial charge in [-0.25, -0.2) is 4.98 Å². The number of nitrogens with zero attached hydrogens (tertiary/aromatic N) is 2. The average Bonchev–Trinajstić information content (AvgIpc) is 2.36. The Morgan fingerprint density at radius 1 is 1.12 bits per heavy atom. The van der Waals surface area contributed by atoms with Gasteiger partial charge in [0.2, 0.25) is 0 Å². The number of anilines is 1. The second-order valence-corrected chi connectivity index (χ2v) is 4.01. The number of benzene rings is 1. The van der Waals surface area contributed by atoms with Crippen LogP contribution in [0.4, 0.5) is 5.82 Å². The van der Waals surface area contributed by atoms with E-state index in [0.29, 0.717) is 15.9 Å². The Labute approximate surface area is 109 Å². The summed E-state index contributed by atoms with van der Waals surface area (Å²) in [5.74, 6) is 0.668. The topological polar surface area (TPSA) is 37.3 Å². The summed E-state index contributed by atoms with van der Waals surface area (Å²) in [6.07, 6.45) is 3.28. The molecule has 86 valence electrons. The lowest BCUT2D eigenvalue weighted by atomic mass is 10.2. The van der Waals surface area contributed by atoms with Gasteiger partial charge in [-0.2, -0.15) is 5.10 Å². The number of halogens is 2. The molecule has 1 aromatic carbocycles. The zero-order chi connectivity index (χ0) is 12.1. The van der Waals surface area contributed by atoms with Crippen molar-refractivity contribution in [2.24, 2.45) is 5.10 Å². The number of rotatable bonds is 3. The lowest BCUT2D eigenvalue weighted by Crippen LogP contribution is -1.93. The Bertz CT molecular complexity index is 527. The van der Waals surface area contributed by atoms with Gasteiger partial charge in [0.25, 0.3) is 0 Å². The minimum atomic E-state index is 0.487. The van der Waals surface area contributed by atoms with Crippen molar-refractivity contribution in [3.05, 3.63) is 58.2 Å². The van der Waals surface area contributed by atoms with E-state index < -0.39 is 0 Å². The molecule has 0 bridgehead atoms. The van der Waals surface area contributed by atoms with Gasteiger partial charge in [-0.05, 0) is 18.2 Å². The fourth-order valence-electron chi connectivity index (χ4n) is 1.22. The van der Waals surface area contributed by atoms with Crippen LogP contribution in [0, 0.1) is 0 Å². The van der Waals surface area contributed by atoms with E-state index in [-0.39, 0.29) is 0 Å². The molecule has 0 radical (unpaired) electrons. The van der Waals surface area contributed by atoms with Crippen LogP contribution in [0.1, 0.15) is 5.56 Å². The van der Waals surface area contributed by atoms with Crippen LogP contribution in [-0.4, -0.2) is 11.2 Å². The van der Waals surface area contributed by atoms with Gasteiger partial charge in [0.1, 0.15) is 5.82 Å². The highest BCUT2D eigenvalue weighted by atomic mass is 35.5. The van der Waals surface area contributed by atoms with E-state index in [1.165, 1.54) is 0 Å². The summed E-state index contributed by atoms with van der Waals surface area (Å²) in [7, 11) is 0. The summed E-state index contributed by atoms with van der Waals surface area (Å²) in [4.78, 5) is 4.07. The maximum Gasteiger partial charge on any atom is 0.146 e. The first kappa shape index (κ1) is 11.9. The Balaban J connectivity index is 2.09. The number of hydrogen-bond acceptors (Lipinski definition) is 3. The van der Waals surface area contributed by atoms with Gasteiger partial charge in [-0.3, -0.25) is 5.43 Å². The van der Waals surface area contributed by atoms with Gasteiger partial charge in [0.15, 0.2) is 0 Å². The molecule has 0 amide bonds. The van der Waals surface area contributed by atoms with E-state index in [0.717, 1.165) is 5.56 Å². The molecule has 1 heterocycles. The predicted molar refractivity (Wildman–Crippen MR) is 71.9 cm³/mol. The van der Waals surface area contributed by atoms with E-state index in [4.69, 9.17) is 23.2 Å². The predicted octanol–water partition coefficient (Wildman–Crippen LogP) is 3.83. The summed E-state index contributed by atoms with van der Waals surface area (Å²) in [6, 6.07) is 10.9. The van der Waals surface area contributed by atoms with Crippen molar-refractivity contribution in [2.45, 2.75) is 0 Å². The van der Waals surface area contributed by atoms with Crippen LogP contribution in [0.3, 0.4) is 0 Å². The van der Waals surface area contributed by atoms with Crippen LogP contribution in [0.2, 0.25) is 10.0 Å². The molecule has 0 saturated carbocycles. The van der Waals surface area contributed by atoms with Crippen molar-refractivity contribution in [3.63, 3.8) is 0 Å². The number of hydrogen-bond donors (Lipinski definition) is 1. The van der Waals surface area contributed by atoms with E-state index in [1.54, 1.807) is 18.5 Å². The molecule has 2 rings (SSSR count). The average molecular weight is 266 g/mol. The smallest absolute Gasteiger partial charge is 0.146 e. The molecule has 0 aliphatic rings. The lowest BCUT2D eigenvalue weighted by molar-refractivity contribution is 1.23. The molecule has 0 spiro atoms. The second kappa shape index (κ2) is 5.66. The van der Waals surface area contributed by atoms with E-state index in [9.17, 15) is 0 Å². The van der Waals surface area contributed by atoms with Gasteiger partial charge in [0, 0.05) is 11.8 Å². The third kappa shape index (κ3) is 3.19. The van der Waals surface area contributed by atoms with Crippen LogP contribution >= 0.6 is 23.2 Å². The number of aromatic nitrogens is 1. The SMILES string of the molecule is Clc1cccc(C=NNc2ccccn2)c1Cl. The van der Waals surface area contributed by atoms with Gasteiger partial charge in [-0.15, -0.1) is 0 Å². The van der Waals surface area contributed by atoms with E-state index in [2.05, 4.69) is 15.5 Å². The molecular formula is C12H9Cl2N3. The standard InChI is InChI=1S/C12H9Cl2N3/c13-10-5-3-4-9(12(10)14)8-16-17-11-6-1-2-7-15-11/h1-8H,(H,15,17). The highest BCUT2D eigenvalue weighted by molar-refractivity contribution is 6.43. The van der Waals surface area contributed by atoms with Crippen LogP contribution in [-0.2, 0) is 0 Å². The maximum atomic E-state index is 6.01. The van der Waals surface area contributed by atoms with Crippen molar-refractivity contribution in [3.8, 4) is 0 Å². The molecule has 0 atom stereocenters. The molecule has 0 saturated heterocycles. The molecule has 1 aromatic heterocycles. The molecular weight excluding hydrogens is 257 g/mol. The first-order valence-corrected chi connectivity index (χ1v) is 5.67. The Morgan fingerprint density at radius 3 is 2.76 bits per heavy atom. The zero-order valence-electron chi connectivity index (χ0n) is 8.77. The molecule has 2 aromatic rings. The molecule has 5 heteroatoms. The fourth-order valence-corrected chi connectivity index (χ4v) is 1.57. The van der Waals surface area contributed by atoms with Crippen molar-refractivity contribution < 1.29 is 0 Å². The number of pyridine rings is 1. The summed E-state index contributed by atoms with van der Waals surface area (Å²) < 4.78 is 0. The molecule has 0 aliphatic carbocycles. The van der Waals surface area contributed by atoms with Crippen LogP contribution < -0.4 is 5.43 Å². The molecule has 1 N–H and O–H groups in total. The lowest BCUT2D eigenvalue weighted by Gasteiger charge is -2.00. The van der Waals surface area contributed by atoms with Gasteiger partial charge in [0.05, 0.1) is 16.3 Å². The minimum absolute atomic E-state index is 0.487. The number of nitrogens with one attached hydrogen (secondary N) is 1. The highest BCUT2D eigenvalue weighted by Gasteiger charge is 2.00. The quantitative estimate of drug-likeness (QED) is 0.677. The summed E-state index contributed by atoms with van der Waals surface area (Å²) in [6.45, 7) is 0. The third-order valence-corrected chi connectivity index (χ3v) is 2.86. The maximum absolute atomic E-state index is 6.01. The summed E-state index contributed by atoms with van der Waals surface area (Å²) >= 11 is 11.9. The monoisotopic (exact) mass is 265 g/mol. The van der Waals surface area contributed by atoms with Crippen LogP contribution in [0.5, 0.6) is 0 Å². The van der Waals surface area contributed by atoms with Gasteiger partial charge < -0.3 is 0 Å². The minimum Gasteiger partial charge on any atom is -0.261 e. The second-order valence-electron chi connectivity index (χ2n) is 3.23. The normalized spacial score (nSPS) is 10.7. The van der Waals surface area contributed by atoms with Crippen molar-refractivity contribution >= 4 is 35.2 Å². The first-order valence-electron chi connectivity index (χ1n) is 4.91. The van der Waals surface area contributed by atoms with Gasteiger partial charge >= 0.3 is 0 Å². The van der Waals surface area contributed by atoms with Crippen molar-refractivity contribution in [1.29, 1.82) is 0 Å². The Kier molecular flexibility index (Phi) is 3.96. The Hall–Kier alpha value is -1.58. The van der Waals surface area contributed by atoms with Gasteiger partial charge in [-0.1, -0.05) is 41.4 Å².